The highest BCUT2D eigenvalue weighted by Gasteiger charge is 2.09. The van der Waals surface area contributed by atoms with Gasteiger partial charge in [-0.3, -0.25) is 0 Å². The lowest BCUT2D eigenvalue weighted by molar-refractivity contribution is 0.949. The lowest BCUT2D eigenvalue weighted by Crippen LogP contribution is -2.07. The highest BCUT2D eigenvalue weighted by Crippen LogP contribution is 2.30. The number of hydrogen-bond donors (Lipinski definition) is 2. The quantitative estimate of drug-likeness (QED) is 0.583. The van der Waals surface area contributed by atoms with Crippen LogP contribution in [0.5, 0.6) is 0 Å². The second-order valence-electron chi connectivity index (χ2n) is 4.93. The van der Waals surface area contributed by atoms with E-state index in [1.54, 1.807) is 34.9 Å². The summed E-state index contributed by atoms with van der Waals surface area (Å²) in [4.78, 5) is 12.8. The normalized spacial score (nSPS) is 10.8. The number of nitrogen functional groups attached to an aromatic ring is 1. The van der Waals surface area contributed by atoms with Gasteiger partial charge in [-0.05, 0) is 24.3 Å². The monoisotopic (exact) mass is 391 g/mol. The van der Waals surface area contributed by atoms with Crippen LogP contribution in [0, 0.1) is 6.92 Å². The molecule has 0 aliphatic rings. The summed E-state index contributed by atoms with van der Waals surface area (Å²) in [5.41, 5.74) is 7.87. The van der Waals surface area contributed by atoms with Gasteiger partial charge in [-0.1, -0.05) is 60.0 Å². The molecule has 0 spiro atoms. The molecule has 0 unspecified atom stereocenters. The summed E-state index contributed by atoms with van der Waals surface area (Å²) in [6.45, 7) is 4.11. The molecule has 0 radical (unpaired) electrons. The van der Waals surface area contributed by atoms with Crippen LogP contribution in [0.15, 0.2) is 32.9 Å². The Morgan fingerprint density at radius 2 is 1.84 bits per heavy atom. The van der Waals surface area contributed by atoms with Crippen molar-refractivity contribution in [1.82, 2.24) is 25.1 Å². The van der Waals surface area contributed by atoms with Crippen LogP contribution in [0.4, 0.5) is 17.6 Å². The number of nitrogens with two attached hydrogens (primary N) is 1. The Kier molecular flexibility index (Phi) is 6.05. The molecule has 130 valence electrons. The van der Waals surface area contributed by atoms with E-state index in [4.69, 9.17) is 5.73 Å². The summed E-state index contributed by atoms with van der Waals surface area (Å²) in [7, 11) is 0. The highest BCUT2D eigenvalue weighted by atomic mass is 32.2. The van der Waals surface area contributed by atoms with E-state index in [-0.39, 0.29) is 5.95 Å². The molecule has 0 amide bonds. The van der Waals surface area contributed by atoms with Crippen LogP contribution in [0.25, 0.3) is 0 Å². The first-order valence-corrected chi connectivity index (χ1v) is 10.3. The van der Waals surface area contributed by atoms with Crippen molar-refractivity contribution >= 4 is 52.4 Å². The zero-order chi connectivity index (χ0) is 17.6. The van der Waals surface area contributed by atoms with Crippen molar-refractivity contribution < 1.29 is 0 Å². The van der Waals surface area contributed by atoms with Crippen molar-refractivity contribution in [2.24, 2.45) is 0 Å². The molecular weight excluding hydrogens is 374 g/mol. The molecule has 1 aromatic carbocycles. The van der Waals surface area contributed by atoms with Gasteiger partial charge in [-0.15, -0.1) is 10.2 Å². The van der Waals surface area contributed by atoms with Crippen molar-refractivity contribution in [2.75, 3.05) is 16.8 Å². The average molecular weight is 392 g/mol. The Balaban J connectivity index is 1.69. The molecule has 3 rings (SSSR count). The van der Waals surface area contributed by atoms with E-state index >= 15 is 0 Å². The van der Waals surface area contributed by atoms with Crippen molar-refractivity contribution in [2.45, 2.75) is 28.3 Å². The number of anilines is 3. The van der Waals surface area contributed by atoms with E-state index in [0.29, 0.717) is 17.5 Å². The molecular formula is C15H17N7S3. The van der Waals surface area contributed by atoms with Crippen LogP contribution in [0.1, 0.15) is 18.3 Å². The zero-order valence-electron chi connectivity index (χ0n) is 13.8. The van der Waals surface area contributed by atoms with Gasteiger partial charge in [0.05, 0.1) is 5.75 Å². The third-order valence-electron chi connectivity index (χ3n) is 3.07. The third-order valence-corrected chi connectivity index (χ3v) is 6.14. The average Bonchev–Trinajstić information content (AvgIpc) is 3.03. The molecule has 0 aliphatic heterocycles. The van der Waals surface area contributed by atoms with Crippen LogP contribution in [0.2, 0.25) is 0 Å². The van der Waals surface area contributed by atoms with Crippen LogP contribution in [-0.2, 0) is 5.75 Å². The summed E-state index contributed by atoms with van der Waals surface area (Å²) in [5, 5.41) is 11.5. The second kappa shape index (κ2) is 8.45. The SMILES string of the molecule is CCSc1nnc(SCc2nc(N)nc(Nc3ccccc3C)n2)s1. The maximum Gasteiger partial charge on any atom is 0.232 e. The minimum Gasteiger partial charge on any atom is -0.368 e. The number of nitrogens with one attached hydrogen (secondary N) is 1. The summed E-state index contributed by atoms with van der Waals surface area (Å²) in [6.07, 6.45) is 0. The highest BCUT2D eigenvalue weighted by molar-refractivity contribution is 8.02. The number of thioether (sulfide) groups is 2. The predicted molar refractivity (Wildman–Crippen MR) is 105 cm³/mol. The fraction of sp³-hybridized carbons (Fsp3) is 0.267. The number of hydrogen-bond acceptors (Lipinski definition) is 10. The smallest absolute Gasteiger partial charge is 0.232 e. The number of nitrogens with zero attached hydrogens (tertiary/aromatic N) is 5. The molecule has 0 saturated carbocycles. The molecule has 25 heavy (non-hydrogen) atoms. The predicted octanol–water partition coefficient (Wildman–Crippen LogP) is 3.76. The lowest BCUT2D eigenvalue weighted by Gasteiger charge is -2.09. The van der Waals surface area contributed by atoms with Gasteiger partial charge in [0.25, 0.3) is 0 Å². The minimum absolute atomic E-state index is 0.196. The van der Waals surface area contributed by atoms with Gasteiger partial charge in [0, 0.05) is 5.69 Å². The third kappa shape index (κ3) is 5.03. The van der Waals surface area contributed by atoms with Crippen LogP contribution < -0.4 is 11.1 Å². The first kappa shape index (κ1) is 17.9. The largest absolute Gasteiger partial charge is 0.368 e. The van der Waals surface area contributed by atoms with Gasteiger partial charge >= 0.3 is 0 Å². The van der Waals surface area contributed by atoms with Crippen molar-refractivity contribution in [3.05, 3.63) is 35.7 Å². The van der Waals surface area contributed by atoms with E-state index < -0.39 is 0 Å². The number of benzene rings is 1. The van der Waals surface area contributed by atoms with Gasteiger partial charge in [-0.2, -0.15) is 15.0 Å². The number of aryl methyl sites for hydroxylation is 1. The van der Waals surface area contributed by atoms with E-state index in [1.807, 2.05) is 31.2 Å². The topological polar surface area (TPSA) is 102 Å². The van der Waals surface area contributed by atoms with Crippen molar-refractivity contribution in [3.63, 3.8) is 0 Å². The van der Waals surface area contributed by atoms with Crippen LogP contribution in [0.3, 0.4) is 0 Å². The minimum atomic E-state index is 0.196. The summed E-state index contributed by atoms with van der Waals surface area (Å²) < 4.78 is 1.87. The maximum atomic E-state index is 5.82. The van der Waals surface area contributed by atoms with Gasteiger partial charge in [0.1, 0.15) is 5.82 Å². The molecule has 0 bridgehead atoms. The van der Waals surface area contributed by atoms with E-state index in [9.17, 15) is 0 Å². The molecule has 3 aromatic rings. The van der Waals surface area contributed by atoms with Gasteiger partial charge in [0.2, 0.25) is 11.9 Å². The van der Waals surface area contributed by atoms with E-state index in [0.717, 1.165) is 25.7 Å². The summed E-state index contributed by atoms with van der Waals surface area (Å²) in [5.74, 6) is 2.78. The molecule has 3 N–H and O–H groups in total. The van der Waals surface area contributed by atoms with Crippen LogP contribution in [-0.4, -0.2) is 30.9 Å². The molecule has 0 aliphatic carbocycles. The Labute approximate surface area is 158 Å². The number of para-hydroxylation sites is 1. The fourth-order valence-electron chi connectivity index (χ4n) is 1.96. The van der Waals surface area contributed by atoms with Gasteiger partial charge in [-0.25, -0.2) is 0 Å². The Hall–Kier alpha value is -1.91. The van der Waals surface area contributed by atoms with Gasteiger partial charge in [0.15, 0.2) is 8.68 Å². The first-order chi connectivity index (χ1) is 12.1. The Morgan fingerprint density at radius 1 is 1.08 bits per heavy atom. The Morgan fingerprint density at radius 3 is 2.60 bits per heavy atom. The molecule has 2 aromatic heterocycles. The van der Waals surface area contributed by atoms with E-state index in [1.165, 1.54) is 0 Å². The maximum absolute atomic E-state index is 5.82. The van der Waals surface area contributed by atoms with Gasteiger partial charge < -0.3 is 11.1 Å². The molecule has 2 heterocycles. The molecule has 0 atom stereocenters. The lowest BCUT2D eigenvalue weighted by atomic mass is 10.2. The van der Waals surface area contributed by atoms with Crippen LogP contribution >= 0.6 is 34.9 Å². The summed E-state index contributed by atoms with van der Waals surface area (Å²) in [6, 6.07) is 7.93. The fourth-order valence-corrected chi connectivity index (χ4v) is 4.73. The second-order valence-corrected chi connectivity index (χ2v) is 8.64. The van der Waals surface area contributed by atoms with Crippen molar-refractivity contribution in [3.8, 4) is 0 Å². The van der Waals surface area contributed by atoms with Crippen molar-refractivity contribution in [1.29, 1.82) is 0 Å². The Bertz CT molecular complexity index is 853. The standard InChI is InChI=1S/C15H17N7S3/c1-3-23-14-21-22-15(25-14)24-8-11-18-12(16)20-13(19-11)17-10-7-5-4-6-9(10)2/h4-7H,3,8H2,1-2H3,(H3,16,17,18,19,20). The zero-order valence-corrected chi connectivity index (χ0v) is 16.2. The van der Waals surface area contributed by atoms with E-state index in [2.05, 4.69) is 37.4 Å². The molecule has 10 heteroatoms. The first-order valence-electron chi connectivity index (χ1n) is 7.56. The summed E-state index contributed by atoms with van der Waals surface area (Å²) >= 11 is 4.80. The number of rotatable bonds is 7. The molecule has 0 fully saturated rings. The number of aromatic nitrogens is 5. The molecule has 7 nitrogen and oxygen atoms in total. The molecule has 0 saturated heterocycles.